The summed E-state index contributed by atoms with van der Waals surface area (Å²) in [5, 5.41) is 8.63. The van der Waals surface area contributed by atoms with Crippen LogP contribution in [0.25, 0.3) is 0 Å². The van der Waals surface area contributed by atoms with Gasteiger partial charge >= 0.3 is 0 Å². The third kappa shape index (κ3) is 1.88. The zero-order valence-corrected chi connectivity index (χ0v) is 8.53. The fourth-order valence-corrected chi connectivity index (χ4v) is 1.88. The molecule has 0 aliphatic carbocycles. The van der Waals surface area contributed by atoms with Gasteiger partial charge in [0.25, 0.3) is 0 Å². The van der Waals surface area contributed by atoms with Gasteiger partial charge in [0.15, 0.2) is 5.16 Å². The molecule has 14 heavy (non-hydrogen) atoms. The quantitative estimate of drug-likeness (QED) is 0.757. The summed E-state index contributed by atoms with van der Waals surface area (Å²) in [5.41, 5.74) is 6.43. The summed E-state index contributed by atoms with van der Waals surface area (Å²) in [5.74, 6) is 0. The van der Waals surface area contributed by atoms with E-state index in [0.717, 1.165) is 15.7 Å². The number of aromatic nitrogens is 3. The highest BCUT2D eigenvalue weighted by Crippen LogP contribution is 2.26. The summed E-state index contributed by atoms with van der Waals surface area (Å²) in [7, 11) is 1.91. The first-order valence-corrected chi connectivity index (χ1v) is 4.95. The standard InChI is InChI=1S/C9H10N4S/c1-13-6-11-12-9(13)14-8-4-2-3-7(10)5-8/h2-6H,10H2,1H3. The van der Waals surface area contributed by atoms with Crippen LogP contribution in [0.4, 0.5) is 5.69 Å². The van der Waals surface area contributed by atoms with Crippen molar-refractivity contribution in [1.82, 2.24) is 14.8 Å². The molecule has 0 aliphatic rings. The molecule has 0 amide bonds. The van der Waals surface area contributed by atoms with Crippen molar-refractivity contribution >= 4 is 17.4 Å². The van der Waals surface area contributed by atoms with E-state index in [-0.39, 0.29) is 0 Å². The molecule has 0 fully saturated rings. The number of benzene rings is 1. The van der Waals surface area contributed by atoms with Gasteiger partial charge in [-0.1, -0.05) is 6.07 Å². The molecule has 2 rings (SSSR count). The Kier molecular flexibility index (Phi) is 2.41. The van der Waals surface area contributed by atoms with Gasteiger partial charge in [-0.25, -0.2) is 0 Å². The van der Waals surface area contributed by atoms with Crippen LogP contribution in [0.1, 0.15) is 0 Å². The second-order valence-corrected chi connectivity index (χ2v) is 3.94. The third-order valence-electron chi connectivity index (χ3n) is 1.74. The fraction of sp³-hybridized carbons (Fsp3) is 0.111. The second kappa shape index (κ2) is 3.71. The van der Waals surface area contributed by atoms with Crippen LogP contribution in [-0.4, -0.2) is 14.8 Å². The largest absolute Gasteiger partial charge is 0.399 e. The molecule has 0 saturated heterocycles. The van der Waals surface area contributed by atoms with Gasteiger partial charge in [0.1, 0.15) is 6.33 Å². The summed E-state index contributed by atoms with van der Waals surface area (Å²) in [6, 6.07) is 7.70. The van der Waals surface area contributed by atoms with Crippen molar-refractivity contribution in [3.05, 3.63) is 30.6 Å². The monoisotopic (exact) mass is 206 g/mol. The number of anilines is 1. The highest BCUT2D eigenvalue weighted by atomic mass is 32.2. The van der Waals surface area contributed by atoms with Gasteiger partial charge in [0.2, 0.25) is 0 Å². The molecule has 0 radical (unpaired) electrons. The molecule has 0 aliphatic heterocycles. The SMILES string of the molecule is Cn1cnnc1Sc1cccc(N)c1. The smallest absolute Gasteiger partial charge is 0.195 e. The van der Waals surface area contributed by atoms with E-state index in [0.29, 0.717) is 0 Å². The fourth-order valence-electron chi connectivity index (χ4n) is 1.05. The van der Waals surface area contributed by atoms with Crippen molar-refractivity contribution < 1.29 is 0 Å². The predicted octanol–water partition coefficient (Wildman–Crippen LogP) is 1.55. The molecule has 5 heteroatoms. The molecule has 1 heterocycles. The van der Waals surface area contributed by atoms with Crippen LogP contribution in [0.2, 0.25) is 0 Å². The first-order chi connectivity index (χ1) is 6.75. The van der Waals surface area contributed by atoms with E-state index in [1.54, 1.807) is 18.1 Å². The minimum atomic E-state index is 0.761. The van der Waals surface area contributed by atoms with E-state index in [1.165, 1.54) is 0 Å². The van der Waals surface area contributed by atoms with E-state index < -0.39 is 0 Å². The molecule has 0 unspecified atom stereocenters. The molecular weight excluding hydrogens is 196 g/mol. The van der Waals surface area contributed by atoms with Crippen molar-refractivity contribution in [2.75, 3.05) is 5.73 Å². The Bertz CT molecular complexity index is 438. The van der Waals surface area contributed by atoms with Gasteiger partial charge < -0.3 is 10.3 Å². The Hall–Kier alpha value is -1.49. The topological polar surface area (TPSA) is 56.7 Å². The van der Waals surface area contributed by atoms with Crippen molar-refractivity contribution in [1.29, 1.82) is 0 Å². The zero-order chi connectivity index (χ0) is 9.97. The summed E-state index contributed by atoms with van der Waals surface area (Å²) in [4.78, 5) is 1.07. The number of hydrogen-bond acceptors (Lipinski definition) is 4. The molecule has 1 aromatic carbocycles. The van der Waals surface area contributed by atoms with E-state index in [1.807, 2.05) is 35.9 Å². The summed E-state index contributed by atoms with van der Waals surface area (Å²) >= 11 is 1.54. The molecule has 0 atom stereocenters. The predicted molar refractivity (Wildman–Crippen MR) is 56.0 cm³/mol. The Labute approximate surface area is 86.1 Å². The van der Waals surface area contributed by atoms with Crippen LogP contribution in [0, 0.1) is 0 Å². The molecule has 1 aromatic heterocycles. The third-order valence-corrected chi connectivity index (χ3v) is 2.78. The van der Waals surface area contributed by atoms with Gasteiger partial charge in [-0.2, -0.15) is 0 Å². The number of hydrogen-bond donors (Lipinski definition) is 1. The number of nitrogens with two attached hydrogens (primary N) is 1. The van der Waals surface area contributed by atoms with Crippen LogP contribution in [0.3, 0.4) is 0 Å². The molecular formula is C9H10N4S. The van der Waals surface area contributed by atoms with Crippen LogP contribution in [-0.2, 0) is 7.05 Å². The highest BCUT2D eigenvalue weighted by Gasteiger charge is 2.02. The average molecular weight is 206 g/mol. The molecule has 72 valence electrons. The van der Waals surface area contributed by atoms with Crippen molar-refractivity contribution in [3.63, 3.8) is 0 Å². The molecule has 2 N–H and O–H groups in total. The Balaban J connectivity index is 2.23. The normalized spacial score (nSPS) is 10.4. The summed E-state index contributed by atoms with van der Waals surface area (Å²) in [6.07, 6.45) is 1.68. The van der Waals surface area contributed by atoms with E-state index >= 15 is 0 Å². The minimum Gasteiger partial charge on any atom is -0.399 e. The highest BCUT2D eigenvalue weighted by molar-refractivity contribution is 7.99. The Morgan fingerprint density at radius 1 is 1.43 bits per heavy atom. The van der Waals surface area contributed by atoms with Gasteiger partial charge in [-0.3, -0.25) is 0 Å². The first-order valence-electron chi connectivity index (χ1n) is 4.13. The average Bonchev–Trinajstić information content (AvgIpc) is 2.52. The van der Waals surface area contributed by atoms with Crippen molar-refractivity contribution in [2.24, 2.45) is 7.05 Å². The molecule has 0 saturated carbocycles. The lowest BCUT2D eigenvalue weighted by Crippen LogP contribution is -1.89. The van der Waals surface area contributed by atoms with Crippen LogP contribution >= 0.6 is 11.8 Å². The Morgan fingerprint density at radius 3 is 2.93 bits per heavy atom. The number of aryl methyl sites for hydroxylation is 1. The van der Waals surface area contributed by atoms with Gasteiger partial charge in [-0.15, -0.1) is 10.2 Å². The number of rotatable bonds is 2. The summed E-state index contributed by atoms with van der Waals surface area (Å²) < 4.78 is 1.87. The molecule has 4 nitrogen and oxygen atoms in total. The lowest BCUT2D eigenvalue weighted by molar-refractivity contribution is 0.788. The van der Waals surface area contributed by atoms with Gasteiger partial charge in [-0.05, 0) is 30.0 Å². The zero-order valence-electron chi connectivity index (χ0n) is 7.71. The van der Waals surface area contributed by atoms with Gasteiger partial charge in [0, 0.05) is 17.6 Å². The van der Waals surface area contributed by atoms with Crippen LogP contribution in [0.15, 0.2) is 40.6 Å². The summed E-state index contributed by atoms with van der Waals surface area (Å²) in [6.45, 7) is 0. The maximum absolute atomic E-state index is 5.67. The molecule has 0 spiro atoms. The van der Waals surface area contributed by atoms with Crippen molar-refractivity contribution in [2.45, 2.75) is 10.1 Å². The molecule has 0 bridgehead atoms. The lowest BCUT2D eigenvalue weighted by Gasteiger charge is -2.00. The van der Waals surface area contributed by atoms with E-state index in [4.69, 9.17) is 5.73 Å². The van der Waals surface area contributed by atoms with E-state index in [2.05, 4.69) is 10.2 Å². The van der Waals surface area contributed by atoms with Crippen LogP contribution in [0.5, 0.6) is 0 Å². The first kappa shape index (κ1) is 9.08. The second-order valence-electron chi connectivity index (χ2n) is 2.90. The number of nitrogens with zero attached hydrogens (tertiary/aromatic N) is 3. The Morgan fingerprint density at radius 2 is 2.29 bits per heavy atom. The van der Waals surface area contributed by atoms with Crippen molar-refractivity contribution in [3.8, 4) is 0 Å². The molecule has 2 aromatic rings. The van der Waals surface area contributed by atoms with Gasteiger partial charge in [0.05, 0.1) is 0 Å². The maximum atomic E-state index is 5.67. The van der Waals surface area contributed by atoms with Crippen LogP contribution < -0.4 is 5.73 Å². The maximum Gasteiger partial charge on any atom is 0.195 e. The minimum absolute atomic E-state index is 0.761. The van der Waals surface area contributed by atoms with E-state index in [9.17, 15) is 0 Å². The number of nitrogen functional groups attached to an aromatic ring is 1. The lowest BCUT2D eigenvalue weighted by atomic mass is 10.3.